The number of hydrogen-bond donors (Lipinski definition) is 0. The standard InChI is InChI=1S/C10H19P/c1-5-4-6(2)9-8(5)7(3)10(9)11/h5-10H,4,11H2,1-3H3. The van der Waals surface area contributed by atoms with Crippen molar-refractivity contribution >= 4 is 9.24 Å². The smallest absolute Gasteiger partial charge is 0.0202 e. The van der Waals surface area contributed by atoms with Crippen LogP contribution in [0.2, 0.25) is 0 Å². The maximum Gasteiger partial charge on any atom is -0.0202 e. The van der Waals surface area contributed by atoms with Crippen molar-refractivity contribution in [1.29, 1.82) is 0 Å². The summed E-state index contributed by atoms with van der Waals surface area (Å²) in [5.74, 6) is 5.08. The van der Waals surface area contributed by atoms with Gasteiger partial charge in [-0.3, -0.25) is 0 Å². The van der Waals surface area contributed by atoms with E-state index in [0.29, 0.717) is 0 Å². The van der Waals surface area contributed by atoms with E-state index in [4.69, 9.17) is 0 Å². The Labute approximate surface area is 72.3 Å². The zero-order valence-electron chi connectivity index (χ0n) is 7.75. The van der Waals surface area contributed by atoms with E-state index in [0.717, 1.165) is 35.2 Å². The molecule has 7 atom stereocenters. The highest BCUT2D eigenvalue weighted by Gasteiger charge is 2.54. The maximum atomic E-state index is 3.05. The van der Waals surface area contributed by atoms with Gasteiger partial charge in [0.25, 0.3) is 0 Å². The zero-order valence-corrected chi connectivity index (χ0v) is 8.90. The summed E-state index contributed by atoms with van der Waals surface area (Å²) in [6, 6.07) is 0. The van der Waals surface area contributed by atoms with Crippen molar-refractivity contribution in [2.45, 2.75) is 32.9 Å². The molecular weight excluding hydrogens is 151 g/mol. The van der Waals surface area contributed by atoms with Crippen LogP contribution in [-0.4, -0.2) is 5.66 Å². The molecule has 11 heavy (non-hydrogen) atoms. The minimum absolute atomic E-state index is 0.931. The van der Waals surface area contributed by atoms with Crippen LogP contribution in [-0.2, 0) is 0 Å². The van der Waals surface area contributed by atoms with Crippen molar-refractivity contribution in [3.05, 3.63) is 0 Å². The first kappa shape index (κ1) is 8.05. The molecule has 0 nitrogen and oxygen atoms in total. The van der Waals surface area contributed by atoms with Crippen molar-refractivity contribution in [3.8, 4) is 0 Å². The molecular formula is C10H19P. The lowest BCUT2D eigenvalue weighted by molar-refractivity contribution is 0.0815. The first-order valence-electron chi connectivity index (χ1n) is 4.88. The van der Waals surface area contributed by atoms with E-state index in [2.05, 4.69) is 30.0 Å². The molecule has 0 spiro atoms. The highest BCUT2D eigenvalue weighted by atomic mass is 31.0. The average molecular weight is 170 g/mol. The second kappa shape index (κ2) is 2.46. The summed E-state index contributed by atoms with van der Waals surface area (Å²) in [6.07, 6.45) is 1.48. The van der Waals surface area contributed by atoms with E-state index in [1.54, 1.807) is 0 Å². The van der Waals surface area contributed by atoms with Gasteiger partial charge in [0.2, 0.25) is 0 Å². The van der Waals surface area contributed by atoms with Gasteiger partial charge in [0, 0.05) is 0 Å². The van der Waals surface area contributed by atoms with Gasteiger partial charge in [-0.15, -0.1) is 9.24 Å². The molecule has 0 aliphatic heterocycles. The van der Waals surface area contributed by atoms with Crippen LogP contribution >= 0.6 is 9.24 Å². The second-order valence-electron chi connectivity index (χ2n) is 4.78. The van der Waals surface area contributed by atoms with Crippen molar-refractivity contribution < 1.29 is 0 Å². The molecule has 7 unspecified atom stereocenters. The second-order valence-corrected chi connectivity index (χ2v) is 5.55. The molecule has 0 heterocycles. The number of fused-ring (bicyclic) bond motifs is 1. The molecule has 2 fully saturated rings. The summed E-state index contributed by atoms with van der Waals surface area (Å²) in [5, 5.41) is 0. The molecule has 0 aromatic heterocycles. The molecule has 64 valence electrons. The topological polar surface area (TPSA) is 0 Å². The first-order valence-corrected chi connectivity index (χ1v) is 5.55. The third-order valence-electron chi connectivity index (χ3n) is 4.16. The fourth-order valence-corrected chi connectivity index (χ4v) is 4.52. The molecule has 2 saturated carbocycles. The van der Waals surface area contributed by atoms with Gasteiger partial charge in [-0.05, 0) is 41.7 Å². The zero-order chi connectivity index (χ0) is 8.17. The van der Waals surface area contributed by atoms with Gasteiger partial charge >= 0.3 is 0 Å². The number of rotatable bonds is 0. The van der Waals surface area contributed by atoms with E-state index in [-0.39, 0.29) is 0 Å². The molecule has 2 aliphatic rings. The minimum Gasteiger partial charge on any atom is -0.134 e. The maximum absolute atomic E-state index is 3.05. The molecule has 1 heteroatoms. The van der Waals surface area contributed by atoms with Gasteiger partial charge in [-0.25, -0.2) is 0 Å². The van der Waals surface area contributed by atoms with Crippen molar-refractivity contribution in [2.24, 2.45) is 29.6 Å². The fourth-order valence-electron chi connectivity index (χ4n) is 3.63. The lowest BCUT2D eigenvalue weighted by Crippen LogP contribution is -2.46. The van der Waals surface area contributed by atoms with Crippen molar-refractivity contribution in [2.75, 3.05) is 0 Å². The Kier molecular flexibility index (Phi) is 1.80. The molecule has 0 aromatic rings. The molecule has 2 rings (SSSR count). The third-order valence-corrected chi connectivity index (χ3v) is 5.21. The molecule has 0 amide bonds. The summed E-state index contributed by atoms with van der Waals surface area (Å²) in [4.78, 5) is 0. The van der Waals surface area contributed by atoms with Crippen LogP contribution in [0.1, 0.15) is 27.2 Å². The van der Waals surface area contributed by atoms with Crippen LogP contribution < -0.4 is 0 Å². The molecule has 0 aromatic carbocycles. The Hall–Kier alpha value is 0.430. The van der Waals surface area contributed by atoms with Gasteiger partial charge in [-0.2, -0.15) is 0 Å². The summed E-state index contributed by atoms with van der Waals surface area (Å²) in [5.41, 5.74) is 0.931. The van der Waals surface area contributed by atoms with Gasteiger partial charge in [0.1, 0.15) is 0 Å². The van der Waals surface area contributed by atoms with E-state index >= 15 is 0 Å². The van der Waals surface area contributed by atoms with E-state index in [1.165, 1.54) is 6.42 Å². The normalized spacial score (nSPS) is 62.2. The Morgan fingerprint density at radius 1 is 1.00 bits per heavy atom. The van der Waals surface area contributed by atoms with Crippen LogP contribution in [0.3, 0.4) is 0 Å². The van der Waals surface area contributed by atoms with Crippen LogP contribution in [0.15, 0.2) is 0 Å². The Morgan fingerprint density at radius 2 is 1.55 bits per heavy atom. The molecule has 0 saturated heterocycles. The molecule has 2 aliphatic carbocycles. The van der Waals surface area contributed by atoms with Crippen molar-refractivity contribution in [3.63, 3.8) is 0 Å². The van der Waals surface area contributed by atoms with Crippen LogP contribution in [0, 0.1) is 29.6 Å². The van der Waals surface area contributed by atoms with Crippen LogP contribution in [0.5, 0.6) is 0 Å². The number of hydrogen-bond acceptors (Lipinski definition) is 0. The van der Waals surface area contributed by atoms with Crippen LogP contribution in [0.25, 0.3) is 0 Å². The Balaban J connectivity index is 2.14. The van der Waals surface area contributed by atoms with Gasteiger partial charge < -0.3 is 0 Å². The summed E-state index contributed by atoms with van der Waals surface area (Å²) >= 11 is 0. The summed E-state index contributed by atoms with van der Waals surface area (Å²) < 4.78 is 0. The summed E-state index contributed by atoms with van der Waals surface area (Å²) in [6.45, 7) is 7.30. The van der Waals surface area contributed by atoms with E-state index in [9.17, 15) is 0 Å². The SMILES string of the molecule is CC1CC(C)C2C(P)C(C)C12. The van der Waals surface area contributed by atoms with E-state index in [1.807, 2.05) is 0 Å². The quantitative estimate of drug-likeness (QED) is 0.490. The largest absolute Gasteiger partial charge is 0.134 e. The highest BCUT2D eigenvalue weighted by molar-refractivity contribution is 7.17. The molecule has 0 bridgehead atoms. The third kappa shape index (κ3) is 0.917. The monoisotopic (exact) mass is 170 g/mol. The average Bonchev–Trinajstić information content (AvgIpc) is 2.21. The van der Waals surface area contributed by atoms with Gasteiger partial charge in [0.15, 0.2) is 0 Å². The van der Waals surface area contributed by atoms with Crippen molar-refractivity contribution in [1.82, 2.24) is 0 Å². The lowest BCUT2D eigenvalue weighted by atomic mass is 9.63. The molecule has 0 radical (unpaired) electrons. The van der Waals surface area contributed by atoms with Crippen LogP contribution in [0.4, 0.5) is 0 Å². The Bertz CT molecular complexity index is 140. The predicted octanol–water partition coefficient (Wildman–Crippen LogP) is 2.79. The van der Waals surface area contributed by atoms with Gasteiger partial charge in [-0.1, -0.05) is 20.8 Å². The predicted molar refractivity (Wildman–Crippen MR) is 52.6 cm³/mol. The van der Waals surface area contributed by atoms with E-state index < -0.39 is 0 Å². The lowest BCUT2D eigenvalue weighted by Gasteiger charge is -2.48. The van der Waals surface area contributed by atoms with Gasteiger partial charge in [0.05, 0.1) is 0 Å². The molecule has 0 N–H and O–H groups in total. The summed E-state index contributed by atoms with van der Waals surface area (Å²) in [7, 11) is 3.05. The minimum atomic E-state index is 0.931. The highest BCUT2D eigenvalue weighted by Crippen LogP contribution is 2.59. The first-order chi connectivity index (χ1) is 5.13. The Morgan fingerprint density at radius 3 is 2.09 bits per heavy atom. The fraction of sp³-hybridized carbons (Fsp3) is 1.00.